The maximum absolute atomic E-state index is 12.7. The van der Waals surface area contributed by atoms with Crippen LogP contribution in [0.2, 0.25) is 0 Å². The Labute approximate surface area is 158 Å². The van der Waals surface area contributed by atoms with Gasteiger partial charge >= 0.3 is 0 Å². The Balaban J connectivity index is 1.89. The minimum Gasteiger partial charge on any atom is -0.490 e. The first-order chi connectivity index (χ1) is 12.8. The molecule has 0 bridgehead atoms. The van der Waals surface area contributed by atoms with E-state index < -0.39 is 5.41 Å². The molecule has 0 radical (unpaired) electrons. The molecule has 3 rings (SSSR count). The molecule has 0 saturated heterocycles. The van der Waals surface area contributed by atoms with Gasteiger partial charge < -0.3 is 19.7 Å². The number of nitrogens with zero attached hydrogens (tertiary/aromatic N) is 3. The highest BCUT2D eigenvalue weighted by Gasteiger charge is 2.37. The first-order valence-corrected chi connectivity index (χ1v) is 8.74. The van der Waals surface area contributed by atoms with E-state index >= 15 is 0 Å². The third-order valence-corrected chi connectivity index (χ3v) is 4.47. The van der Waals surface area contributed by atoms with Crippen molar-refractivity contribution < 1.29 is 19.1 Å². The van der Waals surface area contributed by atoms with E-state index in [9.17, 15) is 9.59 Å². The number of amides is 2. The van der Waals surface area contributed by atoms with Gasteiger partial charge in [-0.2, -0.15) is 0 Å². The zero-order valence-electron chi connectivity index (χ0n) is 16.2. The first kappa shape index (κ1) is 18.8. The minimum absolute atomic E-state index is 0.0145. The number of ether oxygens (including phenoxy) is 2. The fourth-order valence-electron chi connectivity index (χ4n) is 3.01. The summed E-state index contributed by atoms with van der Waals surface area (Å²) in [7, 11) is 3.18. The van der Waals surface area contributed by atoms with Crippen LogP contribution in [0.1, 0.15) is 31.1 Å². The number of hydrogen-bond donors (Lipinski definition) is 1. The van der Waals surface area contributed by atoms with E-state index in [1.807, 2.05) is 20.8 Å². The quantitative estimate of drug-likeness (QED) is 0.891. The molecule has 0 aliphatic carbocycles. The van der Waals surface area contributed by atoms with Gasteiger partial charge in [-0.3, -0.25) is 14.3 Å². The Kier molecular flexibility index (Phi) is 4.82. The highest BCUT2D eigenvalue weighted by atomic mass is 16.5. The standard InChI is InChI=1S/C19H24N4O4/c1-6-23-14-8-7-12(9-15(14)27-11-19(2,3)18(23)25)20-16(24)13-10-22(4)21-17(13)26-5/h7-10H,6,11H2,1-5H3,(H,20,24). The molecule has 1 aromatic carbocycles. The minimum atomic E-state index is -0.623. The normalized spacial score (nSPS) is 15.6. The van der Waals surface area contributed by atoms with Crippen molar-refractivity contribution in [2.75, 3.05) is 30.5 Å². The van der Waals surface area contributed by atoms with Gasteiger partial charge in [-0.25, -0.2) is 0 Å². The number of aromatic nitrogens is 2. The van der Waals surface area contributed by atoms with Gasteiger partial charge in [0.15, 0.2) is 0 Å². The summed E-state index contributed by atoms with van der Waals surface area (Å²) in [6.45, 7) is 6.45. The molecule has 0 fully saturated rings. The molecule has 2 amide bonds. The van der Waals surface area contributed by atoms with Crippen LogP contribution in [0.15, 0.2) is 24.4 Å². The third kappa shape index (κ3) is 3.47. The Bertz CT molecular complexity index is 888. The number of hydrogen-bond acceptors (Lipinski definition) is 5. The number of anilines is 2. The number of fused-ring (bicyclic) bond motifs is 1. The molecule has 0 unspecified atom stereocenters. The van der Waals surface area contributed by atoms with Gasteiger partial charge in [0.05, 0.1) is 18.2 Å². The van der Waals surface area contributed by atoms with Crippen LogP contribution in [0, 0.1) is 5.41 Å². The highest BCUT2D eigenvalue weighted by molar-refractivity contribution is 6.06. The summed E-state index contributed by atoms with van der Waals surface area (Å²) >= 11 is 0. The van der Waals surface area contributed by atoms with Crippen LogP contribution < -0.4 is 19.7 Å². The van der Waals surface area contributed by atoms with E-state index in [0.29, 0.717) is 29.2 Å². The van der Waals surface area contributed by atoms with Crippen molar-refractivity contribution >= 4 is 23.2 Å². The van der Waals surface area contributed by atoms with Crippen molar-refractivity contribution in [3.05, 3.63) is 30.0 Å². The van der Waals surface area contributed by atoms with Gasteiger partial charge in [0.2, 0.25) is 11.8 Å². The van der Waals surface area contributed by atoms with Gasteiger partial charge in [-0.05, 0) is 32.9 Å². The van der Waals surface area contributed by atoms with E-state index in [2.05, 4.69) is 10.4 Å². The van der Waals surface area contributed by atoms with Gasteiger partial charge in [0.25, 0.3) is 5.91 Å². The van der Waals surface area contributed by atoms with E-state index in [-0.39, 0.29) is 24.3 Å². The van der Waals surface area contributed by atoms with Crippen molar-refractivity contribution in [3.8, 4) is 11.6 Å². The van der Waals surface area contributed by atoms with Crippen LogP contribution in [0.4, 0.5) is 11.4 Å². The van der Waals surface area contributed by atoms with Crippen LogP contribution in [0.3, 0.4) is 0 Å². The highest BCUT2D eigenvalue weighted by Crippen LogP contribution is 2.38. The van der Waals surface area contributed by atoms with E-state index in [0.717, 1.165) is 0 Å². The Hall–Kier alpha value is -3.03. The summed E-state index contributed by atoms with van der Waals surface area (Å²) in [6.07, 6.45) is 1.59. The monoisotopic (exact) mass is 372 g/mol. The average Bonchev–Trinajstić information content (AvgIpc) is 2.98. The smallest absolute Gasteiger partial charge is 0.262 e. The summed E-state index contributed by atoms with van der Waals surface area (Å²) in [5.41, 5.74) is 0.974. The number of rotatable bonds is 4. The van der Waals surface area contributed by atoms with E-state index in [1.165, 1.54) is 11.8 Å². The lowest BCUT2D eigenvalue weighted by molar-refractivity contribution is -0.127. The molecule has 2 aromatic rings. The summed E-state index contributed by atoms with van der Waals surface area (Å²) in [5.74, 6) is 0.496. The molecule has 8 nitrogen and oxygen atoms in total. The fraction of sp³-hybridized carbons (Fsp3) is 0.421. The van der Waals surface area contributed by atoms with Crippen LogP contribution in [0.25, 0.3) is 0 Å². The molecule has 0 saturated carbocycles. The second kappa shape index (κ2) is 6.94. The van der Waals surface area contributed by atoms with Crippen molar-refractivity contribution in [1.29, 1.82) is 0 Å². The summed E-state index contributed by atoms with van der Waals surface area (Å²) in [4.78, 5) is 27.0. The second-order valence-electron chi connectivity index (χ2n) is 7.08. The molecular weight excluding hydrogens is 348 g/mol. The van der Waals surface area contributed by atoms with Crippen LogP contribution >= 0.6 is 0 Å². The number of carbonyl (C=O) groups is 2. The van der Waals surface area contributed by atoms with Gasteiger partial charge in [0, 0.05) is 31.5 Å². The van der Waals surface area contributed by atoms with Crippen LogP contribution in [-0.4, -0.2) is 41.9 Å². The Morgan fingerprint density at radius 1 is 1.41 bits per heavy atom. The lowest BCUT2D eigenvalue weighted by Gasteiger charge is -2.26. The van der Waals surface area contributed by atoms with Crippen LogP contribution in [0.5, 0.6) is 11.6 Å². The molecule has 2 heterocycles. The maximum Gasteiger partial charge on any atom is 0.262 e. The zero-order valence-corrected chi connectivity index (χ0v) is 16.2. The molecule has 27 heavy (non-hydrogen) atoms. The molecule has 1 N–H and O–H groups in total. The molecule has 1 aromatic heterocycles. The topological polar surface area (TPSA) is 85.7 Å². The van der Waals surface area contributed by atoms with Crippen molar-refractivity contribution in [1.82, 2.24) is 9.78 Å². The van der Waals surface area contributed by atoms with Crippen molar-refractivity contribution in [2.24, 2.45) is 12.5 Å². The largest absolute Gasteiger partial charge is 0.490 e. The van der Waals surface area contributed by atoms with Crippen molar-refractivity contribution in [2.45, 2.75) is 20.8 Å². The maximum atomic E-state index is 12.7. The predicted molar refractivity (Wildman–Crippen MR) is 101 cm³/mol. The first-order valence-electron chi connectivity index (χ1n) is 8.74. The number of carbonyl (C=O) groups excluding carboxylic acids is 2. The van der Waals surface area contributed by atoms with Gasteiger partial charge in [-0.15, -0.1) is 5.10 Å². The molecule has 1 aliphatic rings. The number of nitrogens with one attached hydrogen (secondary N) is 1. The van der Waals surface area contributed by atoms with Crippen LogP contribution in [-0.2, 0) is 11.8 Å². The molecule has 0 spiro atoms. The number of aryl methyl sites for hydroxylation is 1. The number of benzene rings is 1. The lowest BCUT2D eigenvalue weighted by atomic mass is 9.93. The van der Waals surface area contributed by atoms with E-state index in [4.69, 9.17) is 9.47 Å². The fourth-order valence-corrected chi connectivity index (χ4v) is 3.01. The van der Waals surface area contributed by atoms with Gasteiger partial charge in [-0.1, -0.05) is 0 Å². The molecule has 144 valence electrons. The molecule has 8 heteroatoms. The summed E-state index contributed by atoms with van der Waals surface area (Å²) in [6, 6.07) is 5.26. The third-order valence-electron chi connectivity index (χ3n) is 4.47. The Morgan fingerprint density at radius 3 is 2.81 bits per heavy atom. The number of methoxy groups -OCH3 is 1. The van der Waals surface area contributed by atoms with E-state index in [1.54, 1.807) is 36.3 Å². The lowest BCUT2D eigenvalue weighted by Crippen LogP contribution is -2.42. The van der Waals surface area contributed by atoms with Crippen molar-refractivity contribution in [3.63, 3.8) is 0 Å². The van der Waals surface area contributed by atoms with Gasteiger partial charge in [0.1, 0.15) is 17.9 Å². The summed E-state index contributed by atoms with van der Waals surface area (Å²) < 4.78 is 12.5. The molecular formula is C19H24N4O4. The Morgan fingerprint density at radius 2 is 2.15 bits per heavy atom. The summed E-state index contributed by atoms with van der Waals surface area (Å²) in [5, 5.41) is 6.91. The molecule has 1 aliphatic heterocycles. The zero-order chi connectivity index (χ0) is 19.8. The predicted octanol–water partition coefficient (Wildman–Crippen LogP) is 2.45. The second-order valence-corrected chi connectivity index (χ2v) is 7.08. The SMILES string of the molecule is CCN1C(=O)C(C)(C)COc2cc(NC(=O)c3cn(C)nc3OC)ccc21. The average molecular weight is 372 g/mol. The molecule has 0 atom stereocenters.